The molecule has 0 fully saturated rings. The van der Waals surface area contributed by atoms with E-state index in [9.17, 15) is 4.39 Å². The number of benzene rings is 1. The first-order valence-electron chi connectivity index (χ1n) is 3.31. The van der Waals surface area contributed by atoms with E-state index in [1.807, 2.05) is 6.26 Å². The summed E-state index contributed by atoms with van der Waals surface area (Å²) in [5.74, 6) is 0.689. The van der Waals surface area contributed by atoms with Crippen molar-refractivity contribution in [2.24, 2.45) is 0 Å². The summed E-state index contributed by atoms with van der Waals surface area (Å²) >= 11 is 7.23. The fraction of sp³-hybridized carbons (Fsp3) is 0.250. The minimum Gasteiger partial charge on any atom is -0.481 e. The van der Waals surface area contributed by atoms with Crippen molar-refractivity contribution < 1.29 is 9.13 Å². The fourth-order valence-electron chi connectivity index (χ4n) is 0.715. The second-order valence-electron chi connectivity index (χ2n) is 2.13. The van der Waals surface area contributed by atoms with Crippen LogP contribution < -0.4 is 4.74 Å². The SMILES string of the molecule is CSCOc1ccc(F)cc1Cl. The van der Waals surface area contributed by atoms with Crippen molar-refractivity contribution in [1.29, 1.82) is 0 Å². The zero-order chi connectivity index (χ0) is 8.97. The normalized spacial score (nSPS) is 9.92. The monoisotopic (exact) mass is 206 g/mol. The van der Waals surface area contributed by atoms with Crippen LogP contribution in [0.4, 0.5) is 4.39 Å². The second kappa shape index (κ2) is 4.58. The van der Waals surface area contributed by atoms with Crippen LogP contribution in [-0.2, 0) is 0 Å². The number of hydrogen-bond donors (Lipinski definition) is 0. The van der Waals surface area contributed by atoms with E-state index in [1.165, 1.54) is 30.0 Å². The predicted octanol–water partition coefficient (Wildman–Crippen LogP) is 3.18. The molecule has 0 aromatic heterocycles. The van der Waals surface area contributed by atoms with Crippen molar-refractivity contribution in [2.45, 2.75) is 0 Å². The highest BCUT2D eigenvalue weighted by Crippen LogP contribution is 2.25. The fourth-order valence-corrected chi connectivity index (χ4v) is 1.18. The Kier molecular flexibility index (Phi) is 3.69. The summed E-state index contributed by atoms with van der Waals surface area (Å²) in [6, 6.07) is 4.08. The molecule has 0 bridgehead atoms. The minimum atomic E-state index is -0.350. The van der Waals surface area contributed by atoms with Gasteiger partial charge in [-0.25, -0.2) is 4.39 Å². The molecular formula is C8H8ClFOS. The van der Waals surface area contributed by atoms with Gasteiger partial charge in [0.1, 0.15) is 17.5 Å². The molecule has 0 spiro atoms. The third-order valence-corrected chi connectivity index (χ3v) is 1.88. The van der Waals surface area contributed by atoms with Crippen molar-refractivity contribution in [3.05, 3.63) is 29.0 Å². The minimum absolute atomic E-state index is 0.309. The predicted molar refractivity (Wildman–Crippen MR) is 50.4 cm³/mol. The van der Waals surface area contributed by atoms with Crippen LogP contribution in [-0.4, -0.2) is 12.2 Å². The molecule has 1 rings (SSSR count). The number of thioether (sulfide) groups is 1. The van der Waals surface area contributed by atoms with Gasteiger partial charge < -0.3 is 4.74 Å². The summed E-state index contributed by atoms with van der Waals surface area (Å²) in [6.45, 7) is 0. The van der Waals surface area contributed by atoms with Crippen molar-refractivity contribution in [2.75, 3.05) is 12.2 Å². The molecule has 0 aliphatic rings. The number of halogens is 2. The van der Waals surface area contributed by atoms with Gasteiger partial charge in [0.2, 0.25) is 0 Å². The Labute approximate surface area is 79.9 Å². The van der Waals surface area contributed by atoms with E-state index < -0.39 is 0 Å². The average molecular weight is 207 g/mol. The van der Waals surface area contributed by atoms with Gasteiger partial charge in [0.25, 0.3) is 0 Å². The highest BCUT2D eigenvalue weighted by atomic mass is 35.5. The molecule has 0 aliphatic heterocycles. The van der Waals surface area contributed by atoms with Crippen molar-refractivity contribution in [1.82, 2.24) is 0 Å². The summed E-state index contributed by atoms with van der Waals surface area (Å²) in [5.41, 5.74) is 0. The smallest absolute Gasteiger partial charge is 0.139 e. The van der Waals surface area contributed by atoms with E-state index in [2.05, 4.69) is 0 Å². The molecule has 0 aliphatic carbocycles. The van der Waals surface area contributed by atoms with Gasteiger partial charge in [-0.05, 0) is 24.5 Å². The summed E-state index contributed by atoms with van der Waals surface area (Å²) in [7, 11) is 0. The molecule has 66 valence electrons. The highest BCUT2D eigenvalue weighted by molar-refractivity contribution is 7.98. The van der Waals surface area contributed by atoms with Gasteiger partial charge in [-0.1, -0.05) is 11.6 Å². The molecule has 12 heavy (non-hydrogen) atoms. The first kappa shape index (κ1) is 9.68. The van der Waals surface area contributed by atoms with E-state index >= 15 is 0 Å². The van der Waals surface area contributed by atoms with Crippen LogP contribution in [0, 0.1) is 5.82 Å². The highest BCUT2D eigenvalue weighted by Gasteiger charge is 2.01. The molecule has 0 N–H and O–H groups in total. The molecule has 0 saturated carbocycles. The Bertz CT molecular complexity index is 267. The lowest BCUT2D eigenvalue weighted by Gasteiger charge is -2.05. The molecule has 4 heteroatoms. The van der Waals surface area contributed by atoms with Gasteiger partial charge in [-0.3, -0.25) is 0 Å². The van der Waals surface area contributed by atoms with Crippen LogP contribution in [0.1, 0.15) is 0 Å². The van der Waals surface area contributed by atoms with Crippen molar-refractivity contribution in [3.63, 3.8) is 0 Å². The summed E-state index contributed by atoms with van der Waals surface area (Å²) in [4.78, 5) is 0. The molecule has 1 aromatic carbocycles. The first-order valence-corrected chi connectivity index (χ1v) is 5.08. The molecule has 0 heterocycles. The van der Waals surface area contributed by atoms with Crippen LogP contribution in [0.25, 0.3) is 0 Å². The zero-order valence-corrected chi connectivity index (χ0v) is 8.08. The third kappa shape index (κ3) is 2.57. The largest absolute Gasteiger partial charge is 0.481 e. The van der Waals surface area contributed by atoms with E-state index in [-0.39, 0.29) is 5.82 Å². The molecule has 0 atom stereocenters. The van der Waals surface area contributed by atoms with Crippen LogP contribution in [0.15, 0.2) is 18.2 Å². The average Bonchev–Trinajstić information content (AvgIpc) is 2.03. The van der Waals surface area contributed by atoms with Gasteiger partial charge in [-0.15, -0.1) is 11.8 Å². The van der Waals surface area contributed by atoms with Crippen LogP contribution in [0.2, 0.25) is 5.02 Å². The van der Waals surface area contributed by atoms with Gasteiger partial charge >= 0.3 is 0 Å². The van der Waals surface area contributed by atoms with Gasteiger partial charge in [0, 0.05) is 0 Å². The maximum atomic E-state index is 12.5. The standard InChI is InChI=1S/C8H8ClFOS/c1-12-5-11-8-3-2-6(10)4-7(8)9/h2-4H,5H2,1H3. The molecule has 0 amide bonds. The molecule has 0 unspecified atom stereocenters. The lowest BCUT2D eigenvalue weighted by molar-refractivity contribution is 0.392. The Morgan fingerprint density at radius 3 is 2.92 bits per heavy atom. The Hall–Kier alpha value is -0.410. The maximum absolute atomic E-state index is 12.5. The Balaban J connectivity index is 2.72. The van der Waals surface area contributed by atoms with E-state index in [1.54, 1.807) is 0 Å². The third-order valence-electron chi connectivity index (χ3n) is 1.23. The number of rotatable bonds is 3. The molecule has 1 nitrogen and oxygen atoms in total. The summed E-state index contributed by atoms with van der Waals surface area (Å²) in [5, 5.41) is 0.309. The number of hydrogen-bond acceptors (Lipinski definition) is 2. The maximum Gasteiger partial charge on any atom is 0.139 e. The molecule has 0 saturated heterocycles. The lowest BCUT2D eigenvalue weighted by atomic mass is 10.3. The Morgan fingerprint density at radius 1 is 1.58 bits per heavy atom. The zero-order valence-electron chi connectivity index (χ0n) is 6.51. The van der Waals surface area contributed by atoms with Crippen LogP contribution >= 0.6 is 23.4 Å². The first-order chi connectivity index (χ1) is 5.74. The van der Waals surface area contributed by atoms with Gasteiger partial charge in [-0.2, -0.15) is 0 Å². The second-order valence-corrected chi connectivity index (χ2v) is 3.35. The topological polar surface area (TPSA) is 9.23 Å². The van der Waals surface area contributed by atoms with E-state index in [4.69, 9.17) is 16.3 Å². The lowest BCUT2D eigenvalue weighted by Crippen LogP contribution is -1.92. The van der Waals surface area contributed by atoms with Gasteiger partial charge in [0.15, 0.2) is 0 Å². The Morgan fingerprint density at radius 2 is 2.33 bits per heavy atom. The van der Waals surface area contributed by atoms with Crippen molar-refractivity contribution >= 4 is 23.4 Å². The van der Waals surface area contributed by atoms with E-state index in [0.29, 0.717) is 16.7 Å². The molecule has 1 aromatic rings. The molecule has 0 radical (unpaired) electrons. The quantitative estimate of drug-likeness (QED) is 0.703. The van der Waals surface area contributed by atoms with Gasteiger partial charge in [0.05, 0.1) is 5.02 Å². The summed E-state index contributed by atoms with van der Waals surface area (Å²) < 4.78 is 17.7. The van der Waals surface area contributed by atoms with E-state index in [0.717, 1.165) is 0 Å². The van der Waals surface area contributed by atoms with Crippen LogP contribution in [0.5, 0.6) is 5.75 Å². The van der Waals surface area contributed by atoms with Crippen molar-refractivity contribution in [3.8, 4) is 5.75 Å². The molecular weight excluding hydrogens is 199 g/mol. The summed E-state index contributed by atoms with van der Waals surface area (Å²) in [6.07, 6.45) is 1.91. The van der Waals surface area contributed by atoms with Crippen LogP contribution in [0.3, 0.4) is 0 Å². The number of ether oxygens (including phenoxy) is 1.